The van der Waals surface area contributed by atoms with Gasteiger partial charge >= 0.3 is 7.82 Å². The topological polar surface area (TPSA) is 105 Å². The SMILES string of the molecule is CC/C=C\C/C=C\C/C=C\C/C=C\C/C=C\C/C=C\CCCCCCCCCCCCCCC(=O)NC(COP(=O)(O)OCC[N+](C)(C)C)C(O)/C=C/CCCCCCCCCCCC. The number of aliphatic hydroxyl groups excluding tert-OH is 1. The number of rotatable bonds is 47. The van der Waals surface area contributed by atoms with Crippen LogP contribution < -0.4 is 5.32 Å². The van der Waals surface area contributed by atoms with Crippen LogP contribution in [0.3, 0.4) is 0 Å². The van der Waals surface area contributed by atoms with Gasteiger partial charge in [0.15, 0.2) is 0 Å². The number of allylic oxidation sites excluding steroid dienone is 13. The fourth-order valence-electron chi connectivity index (χ4n) is 7.22. The number of amides is 1. The van der Waals surface area contributed by atoms with Crippen LogP contribution in [0.15, 0.2) is 85.1 Å². The van der Waals surface area contributed by atoms with Crippen LogP contribution in [0.5, 0.6) is 0 Å². The molecule has 1 amide bonds. The van der Waals surface area contributed by atoms with E-state index in [0.29, 0.717) is 17.4 Å². The number of carbonyl (C=O) groups is 1. The molecule has 0 rings (SSSR count). The van der Waals surface area contributed by atoms with E-state index in [2.05, 4.69) is 92.1 Å². The van der Waals surface area contributed by atoms with Gasteiger partial charge in [0.25, 0.3) is 0 Å². The molecule has 0 aromatic rings. The highest BCUT2D eigenvalue weighted by Gasteiger charge is 2.27. The third-order valence-electron chi connectivity index (χ3n) is 11.4. The molecular formula is C56H102N2O6P+. The van der Waals surface area contributed by atoms with Gasteiger partial charge in [-0.1, -0.05) is 221 Å². The summed E-state index contributed by atoms with van der Waals surface area (Å²) in [5.41, 5.74) is 0. The number of carbonyl (C=O) groups excluding carboxylic acids is 1. The Morgan fingerprint density at radius 3 is 1.35 bits per heavy atom. The molecular weight excluding hydrogens is 828 g/mol. The normalized spacial score (nSPS) is 14.8. The number of nitrogens with zero attached hydrogens (tertiary/aromatic N) is 1. The van der Waals surface area contributed by atoms with Crippen LogP contribution in [0.1, 0.15) is 213 Å². The maximum atomic E-state index is 12.9. The number of hydrogen-bond donors (Lipinski definition) is 3. The molecule has 8 nitrogen and oxygen atoms in total. The van der Waals surface area contributed by atoms with Crippen LogP contribution in [-0.2, 0) is 18.4 Å². The summed E-state index contributed by atoms with van der Waals surface area (Å²) in [7, 11) is 1.56. The number of quaternary nitrogens is 1. The number of hydrogen-bond acceptors (Lipinski definition) is 5. The Morgan fingerprint density at radius 2 is 0.923 bits per heavy atom. The molecule has 0 radical (unpaired) electrons. The summed E-state index contributed by atoms with van der Waals surface area (Å²) in [6.07, 6.45) is 65.3. The van der Waals surface area contributed by atoms with Crippen molar-refractivity contribution >= 4 is 13.7 Å². The molecule has 65 heavy (non-hydrogen) atoms. The minimum atomic E-state index is -4.34. The number of nitrogens with one attached hydrogen (secondary N) is 1. The molecule has 0 saturated heterocycles. The van der Waals surface area contributed by atoms with E-state index in [4.69, 9.17) is 9.05 Å². The van der Waals surface area contributed by atoms with Crippen molar-refractivity contribution in [2.75, 3.05) is 40.9 Å². The van der Waals surface area contributed by atoms with E-state index in [0.717, 1.165) is 77.0 Å². The number of unbranched alkanes of at least 4 members (excludes halogenated alkanes) is 22. The highest BCUT2D eigenvalue weighted by Crippen LogP contribution is 2.43. The second kappa shape index (κ2) is 46.8. The Hall–Kier alpha value is -2.32. The van der Waals surface area contributed by atoms with Crippen LogP contribution in [0.4, 0.5) is 0 Å². The van der Waals surface area contributed by atoms with Gasteiger partial charge in [-0.3, -0.25) is 13.8 Å². The summed E-state index contributed by atoms with van der Waals surface area (Å²) in [4.78, 5) is 23.2. The zero-order chi connectivity index (χ0) is 47.8. The second-order valence-electron chi connectivity index (χ2n) is 18.9. The zero-order valence-electron chi connectivity index (χ0n) is 42.7. The molecule has 0 aliphatic heterocycles. The van der Waals surface area contributed by atoms with E-state index in [1.54, 1.807) is 6.08 Å². The van der Waals surface area contributed by atoms with Crippen molar-refractivity contribution in [3.05, 3.63) is 85.1 Å². The number of aliphatic hydroxyl groups is 1. The lowest BCUT2D eigenvalue weighted by Crippen LogP contribution is -2.45. The first kappa shape index (κ1) is 62.7. The van der Waals surface area contributed by atoms with E-state index in [1.807, 2.05) is 27.2 Å². The molecule has 0 heterocycles. The lowest BCUT2D eigenvalue weighted by atomic mass is 10.0. The number of phosphoric ester groups is 1. The first-order valence-corrected chi connectivity index (χ1v) is 28.0. The van der Waals surface area contributed by atoms with Gasteiger partial charge in [-0.15, -0.1) is 0 Å². The first-order valence-electron chi connectivity index (χ1n) is 26.5. The summed E-state index contributed by atoms with van der Waals surface area (Å²) in [6.45, 7) is 4.68. The molecule has 0 bridgehead atoms. The number of phosphoric acid groups is 1. The van der Waals surface area contributed by atoms with Crippen molar-refractivity contribution in [3.63, 3.8) is 0 Å². The van der Waals surface area contributed by atoms with Crippen molar-refractivity contribution in [3.8, 4) is 0 Å². The lowest BCUT2D eigenvalue weighted by molar-refractivity contribution is -0.870. The molecule has 0 saturated carbocycles. The molecule has 0 aromatic carbocycles. The fourth-order valence-corrected chi connectivity index (χ4v) is 7.96. The van der Waals surface area contributed by atoms with Gasteiger partial charge in [0.1, 0.15) is 13.2 Å². The van der Waals surface area contributed by atoms with Gasteiger partial charge < -0.3 is 19.8 Å². The molecule has 376 valence electrons. The van der Waals surface area contributed by atoms with Crippen LogP contribution in [0.25, 0.3) is 0 Å². The highest BCUT2D eigenvalue weighted by molar-refractivity contribution is 7.47. The predicted molar refractivity (Wildman–Crippen MR) is 281 cm³/mol. The largest absolute Gasteiger partial charge is 0.472 e. The van der Waals surface area contributed by atoms with Crippen LogP contribution in [0, 0.1) is 0 Å². The third-order valence-corrected chi connectivity index (χ3v) is 12.4. The van der Waals surface area contributed by atoms with Crippen molar-refractivity contribution in [1.82, 2.24) is 5.32 Å². The molecule has 3 unspecified atom stereocenters. The summed E-state index contributed by atoms with van der Waals surface area (Å²) >= 11 is 0. The lowest BCUT2D eigenvalue weighted by Gasteiger charge is -2.25. The van der Waals surface area contributed by atoms with Crippen molar-refractivity contribution in [1.29, 1.82) is 0 Å². The quantitative estimate of drug-likeness (QED) is 0.0243. The van der Waals surface area contributed by atoms with Gasteiger partial charge in [-0.2, -0.15) is 0 Å². The summed E-state index contributed by atoms with van der Waals surface area (Å²) < 4.78 is 23.6. The average molecular weight is 930 g/mol. The van der Waals surface area contributed by atoms with Crippen LogP contribution in [-0.4, -0.2) is 73.4 Å². The van der Waals surface area contributed by atoms with Crippen molar-refractivity contribution < 1.29 is 32.9 Å². The van der Waals surface area contributed by atoms with Gasteiger partial charge in [0, 0.05) is 6.42 Å². The summed E-state index contributed by atoms with van der Waals surface area (Å²) in [6, 6.07) is -0.850. The van der Waals surface area contributed by atoms with E-state index < -0.39 is 20.0 Å². The standard InChI is InChI=1S/C56H101N2O6P/c1-6-8-10-12-14-16-18-20-21-22-23-24-25-26-27-28-29-30-31-32-33-34-35-36-37-38-40-42-44-46-48-50-56(60)57-54(53-64-65(61,62)63-52-51-58(3,4)5)55(59)49-47-45-43-41-39-19-17-15-13-11-9-7-2/h8,10,14,16,20-21,23-24,26-27,29-30,47,49,54-55,59H,6-7,9,11-13,15,17-19,22,25,28,31-46,48,50-53H2,1-5H3,(H-,57,60,61,62)/p+1/b10-8-,16-14-,21-20-,24-23-,27-26-,30-29-,49-47+. The third kappa shape index (κ3) is 49.4. The number of likely N-dealkylation sites (N-methyl/N-ethyl adjacent to an activating group) is 1. The minimum absolute atomic E-state index is 0.0580. The Morgan fingerprint density at radius 1 is 0.538 bits per heavy atom. The van der Waals surface area contributed by atoms with Crippen molar-refractivity contribution in [2.24, 2.45) is 0 Å². The van der Waals surface area contributed by atoms with E-state index in [-0.39, 0.29) is 19.1 Å². The molecule has 3 atom stereocenters. The Kier molecular flexibility index (Phi) is 45.1. The molecule has 3 N–H and O–H groups in total. The zero-order valence-corrected chi connectivity index (χ0v) is 43.6. The fraction of sp³-hybridized carbons (Fsp3) is 0.732. The second-order valence-corrected chi connectivity index (χ2v) is 20.3. The van der Waals surface area contributed by atoms with E-state index in [9.17, 15) is 19.4 Å². The van der Waals surface area contributed by atoms with Gasteiger partial charge in [-0.25, -0.2) is 4.57 Å². The highest BCUT2D eigenvalue weighted by atomic mass is 31.2. The summed E-state index contributed by atoms with van der Waals surface area (Å²) in [5, 5.41) is 13.9. The van der Waals surface area contributed by atoms with Gasteiger partial charge in [0.2, 0.25) is 5.91 Å². The van der Waals surface area contributed by atoms with Crippen LogP contribution >= 0.6 is 7.82 Å². The van der Waals surface area contributed by atoms with Crippen molar-refractivity contribution in [2.45, 2.75) is 225 Å². The molecule has 0 spiro atoms. The molecule has 0 fully saturated rings. The Bertz CT molecular complexity index is 1330. The van der Waals surface area contributed by atoms with Gasteiger partial charge in [0.05, 0.1) is 39.9 Å². The van der Waals surface area contributed by atoms with E-state index >= 15 is 0 Å². The predicted octanol–water partition coefficient (Wildman–Crippen LogP) is 15.7. The average Bonchev–Trinajstić information content (AvgIpc) is 3.26. The molecule has 0 aliphatic rings. The maximum Gasteiger partial charge on any atom is 0.472 e. The van der Waals surface area contributed by atoms with E-state index in [1.165, 1.54) is 116 Å². The Balaban J connectivity index is 4.14. The molecule has 9 heteroatoms. The van der Waals surface area contributed by atoms with Crippen LogP contribution in [0.2, 0.25) is 0 Å². The minimum Gasteiger partial charge on any atom is -0.387 e. The molecule has 0 aromatic heterocycles. The first-order chi connectivity index (χ1) is 31.5. The smallest absolute Gasteiger partial charge is 0.387 e. The monoisotopic (exact) mass is 930 g/mol. The van der Waals surface area contributed by atoms with Gasteiger partial charge in [-0.05, 0) is 70.6 Å². The summed E-state index contributed by atoms with van der Waals surface area (Å²) in [5.74, 6) is -0.183. The maximum absolute atomic E-state index is 12.9. The Labute approximate surface area is 401 Å². The molecule has 0 aliphatic carbocycles.